The van der Waals surface area contributed by atoms with Crippen LogP contribution in [0.1, 0.15) is 17.0 Å². The molecule has 0 aromatic heterocycles. The molecular weight excluding hydrogens is 394 g/mol. The van der Waals surface area contributed by atoms with Gasteiger partial charge in [0, 0.05) is 10.4 Å². The molecule has 0 radical (unpaired) electrons. The molecule has 1 amide bonds. The lowest BCUT2D eigenvalue weighted by molar-refractivity contribution is 0.158. The highest BCUT2D eigenvalue weighted by Crippen LogP contribution is 2.44. The van der Waals surface area contributed by atoms with Crippen molar-refractivity contribution in [3.8, 4) is 16.9 Å². The smallest absolute Gasteiger partial charge is 0.411 e. The predicted octanol–water partition coefficient (Wildman–Crippen LogP) is 5.52. The van der Waals surface area contributed by atoms with Crippen LogP contribution in [-0.4, -0.2) is 17.8 Å². The number of halogens is 1. The number of aromatic hydroxyl groups is 1. The number of benzene rings is 3. The van der Waals surface area contributed by atoms with Gasteiger partial charge in [0.05, 0.1) is 5.69 Å². The van der Waals surface area contributed by atoms with Gasteiger partial charge >= 0.3 is 6.09 Å². The van der Waals surface area contributed by atoms with E-state index in [0.29, 0.717) is 5.69 Å². The van der Waals surface area contributed by atoms with E-state index in [-0.39, 0.29) is 18.3 Å². The first-order valence-corrected chi connectivity index (χ1v) is 9.03. The van der Waals surface area contributed by atoms with Crippen molar-refractivity contribution in [2.45, 2.75) is 5.92 Å². The van der Waals surface area contributed by atoms with E-state index in [1.54, 1.807) is 12.1 Å². The van der Waals surface area contributed by atoms with Gasteiger partial charge in [-0.25, -0.2) is 4.79 Å². The number of anilines is 1. The van der Waals surface area contributed by atoms with Gasteiger partial charge in [0.2, 0.25) is 0 Å². The van der Waals surface area contributed by atoms with Crippen LogP contribution in [0.15, 0.2) is 71.2 Å². The van der Waals surface area contributed by atoms with E-state index in [1.165, 1.54) is 17.2 Å². The van der Waals surface area contributed by atoms with Crippen molar-refractivity contribution < 1.29 is 14.6 Å². The largest absolute Gasteiger partial charge is 0.506 e. The maximum Gasteiger partial charge on any atom is 0.411 e. The van der Waals surface area contributed by atoms with Gasteiger partial charge in [0.1, 0.15) is 12.4 Å². The van der Waals surface area contributed by atoms with E-state index in [1.807, 2.05) is 24.3 Å². The van der Waals surface area contributed by atoms with Crippen molar-refractivity contribution in [1.82, 2.24) is 0 Å². The molecule has 0 saturated heterocycles. The van der Waals surface area contributed by atoms with Crippen LogP contribution in [0.5, 0.6) is 5.75 Å². The maximum absolute atomic E-state index is 12.2. The second-order valence-corrected chi connectivity index (χ2v) is 7.03. The monoisotopic (exact) mass is 409 g/mol. The standard InChI is InChI=1S/C21H16BrNO3/c22-13-9-10-19(20(24)11-13)23-21(25)26-12-18-16-7-3-1-5-14(16)15-6-2-4-8-17(15)18/h1-11,18,24H,12H2,(H,23,25). The minimum absolute atomic E-state index is 0.00617. The van der Waals surface area contributed by atoms with Crippen LogP contribution in [0, 0.1) is 0 Å². The number of carbonyl (C=O) groups is 1. The molecule has 0 heterocycles. The lowest BCUT2D eigenvalue weighted by Crippen LogP contribution is -2.17. The molecular formula is C21H16BrNO3. The highest BCUT2D eigenvalue weighted by molar-refractivity contribution is 9.10. The van der Waals surface area contributed by atoms with Gasteiger partial charge in [-0.1, -0.05) is 64.5 Å². The highest BCUT2D eigenvalue weighted by atomic mass is 79.9. The predicted molar refractivity (Wildman–Crippen MR) is 104 cm³/mol. The zero-order valence-corrected chi connectivity index (χ0v) is 15.4. The van der Waals surface area contributed by atoms with E-state index in [0.717, 1.165) is 15.6 Å². The first-order valence-electron chi connectivity index (χ1n) is 8.24. The second-order valence-electron chi connectivity index (χ2n) is 6.11. The Morgan fingerprint density at radius 2 is 1.62 bits per heavy atom. The molecule has 2 N–H and O–H groups in total. The summed E-state index contributed by atoms with van der Waals surface area (Å²) in [5.74, 6) is -0.0143. The lowest BCUT2D eigenvalue weighted by Gasteiger charge is -2.15. The third-order valence-electron chi connectivity index (χ3n) is 4.54. The van der Waals surface area contributed by atoms with Crippen molar-refractivity contribution in [1.29, 1.82) is 0 Å². The van der Waals surface area contributed by atoms with Gasteiger partial charge in [-0.05, 0) is 40.5 Å². The van der Waals surface area contributed by atoms with Crippen LogP contribution in [0.2, 0.25) is 0 Å². The van der Waals surface area contributed by atoms with Gasteiger partial charge in [-0.2, -0.15) is 0 Å². The number of phenols is 1. The van der Waals surface area contributed by atoms with Crippen LogP contribution in [0.3, 0.4) is 0 Å². The van der Waals surface area contributed by atoms with E-state index < -0.39 is 6.09 Å². The summed E-state index contributed by atoms with van der Waals surface area (Å²) < 4.78 is 6.19. The number of amides is 1. The molecule has 0 saturated carbocycles. The number of ether oxygens (including phenoxy) is 1. The lowest BCUT2D eigenvalue weighted by atomic mass is 9.98. The average Bonchev–Trinajstić information content (AvgIpc) is 2.96. The Hall–Kier alpha value is -2.79. The third kappa shape index (κ3) is 3.06. The number of fused-ring (bicyclic) bond motifs is 3. The van der Waals surface area contributed by atoms with Crippen LogP contribution in [-0.2, 0) is 4.74 Å². The van der Waals surface area contributed by atoms with E-state index in [2.05, 4.69) is 45.5 Å². The number of phenolic OH excluding ortho intramolecular Hbond substituents is 1. The molecule has 0 aliphatic heterocycles. The Balaban J connectivity index is 1.50. The zero-order valence-electron chi connectivity index (χ0n) is 13.8. The normalized spacial score (nSPS) is 12.3. The van der Waals surface area contributed by atoms with Crippen LogP contribution in [0.4, 0.5) is 10.5 Å². The topological polar surface area (TPSA) is 58.6 Å². The average molecular weight is 410 g/mol. The fourth-order valence-electron chi connectivity index (χ4n) is 3.35. The summed E-state index contributed by atoms with van der Waals surface area (Å²) in [4.78, 5) is 12.2. The van der Waals surface area contributed by atoms with E-state index in [4.69, 9.17) is 4.74 Å². The Morgan fingerprint density at radius 1 is 1.00 bits per heavy atom. The molecule has 3 aromatic carbocycles. The molecule has 0 bridgehead atoms. The number of hydrogen-bond acceptors (Lipinski definition) is 3. The first-order chi connectivity index (χ1) is 12.6. The maximum atomic E-state index is 12.2. The van der Waals surface area contributed by atoms with Gasteiger partial charge in [-0.3, -0.25) is 5.32 Å². The molecule has 4 nitrogen and oxygen atoms in total. The van der Waals surface area contributed by atoms with Crippen LogP contribution in [0.25, 0.3) is 11.1 Å². The fourth-order valence-corrected chi connectivity index (χ4v) is 3.70. The second kappa shape index (κ2) is 6.84. The zero-order chi connectivity index (χ0) is 18.1. The molecule has 4 rings (SSSR count). The highest BCUT2D eigenvalue weighted by Gasteiger charge is 2.29. The molecule has 130 valence electrons. The molecule has 1 aliphatic rings. The van der Waals surface area contributed by atoms with Crippen molar-refractivity contribution in [3.63, 3.8) is 0 Å². The van der Waals surface area contributed by atoms with Gasteiger partial charge in [0.25, 0.3) is 0 Å². The fraction of sp³-hybridized carbons (Fsp3) is 0.0952. The number of hydrogen-bond donors (Lipinski definition) is 2. The molecule has 26 heavy (non-hydrogen) atoms. The number of nitrogens with one attached hydrogen (secondary N) is 1. The molecule has 5 heteroatoms. The minimum atomic E-state index is -0.593. The number of carbonyl (C=O) groups excluding carboxylic acids is 1. The first kappa shape index (κ1) is 16.7. The summed E-state index contributed by atoms with van der Waals surface area (Å²) >= 11 is 3.26. The van der Waals surface area contributed by atoms with Crippen LogP contribution < -0.4 is 5.32 Å². The van der Waals surface area contributed by atoms with Gasteiger partial charge in [-0.15, -0.1) is 0 Å². The van der Waals surface area contributed by atoms with Gasteiger partial charge < -0.3 is 9.84 Å². The van der Waals surface area contributed by atoms with Crippen molar-refractivity contribution >= 4 is 27.7 Å². The third-order valence-corrected chi connectivity index (χ3v) is 5.03. The van der Waals surface area contributed by atoms with Crippen LogP contribution >= 0.6 is 15.9 Å². The van der Waals surface area contributed by atoms with Crippen molar-refractivity contribution in [2.75, 3.05) is 11.9 Å². The molecule has 0 spiro atoms. The minimum Gasteiger partial charge on any atom is -0.506 e. The Bertz CT molecular complexity index is 941. The summed E-state index contributed by atoms with van der Waals surface area (Å²) in [7, 11) is 0. The Kier molecular flexibility index (Phi) is 4.39. The molecule has 0 unspecified atom stereocenters. The molecule has 1 aliphatic carbocycles. The molecule has 0 atom stereocenters. The SMILES string of the molecule is O=C(Nc1ccc(Br)cc1O)OCC1c2ccccc2-c2ccccc21. The molecule has 3 aromatic rings. The summed E-state index contributed by atoms with van der Waals surface area (Å²) in [5.41, 5.74) is 5.00. The summed E-state index contributed by atoms with van der Waals surface area (Å²) in [5, 5.41) is 12.5. The van der Waals surface area contributed by atoms with Crippen molar-refractivity contribution in [3.05, 3.63) is 82.3 Å². The van der Waals surface area contributed by atoms with E-state index >= 15 is 0 Å². The van der Waals surface area contributed by atoms with Crippen molar-refractivity contribution in [2.24, 2.45) is 0 Å². The number of rotatable bonds is 3. The summed E-state index contributed by atoms with van der Waals surface area (Å²) in [6.07, 6.45) is -0.593. The van der Waals surface area contributed by atoms with Gasteiger partial charge in [0.15, 0.2) is 0 Å². The Labute approximate surface area is 159 Å². The quantitative estimate of drug-likeness (QED) is 0.560. The summed E-state index contributed by atoms with van der Waals surface area (Å²) in [6, 6.07) is 21.2. The summed E-state index contributed by atoms with van der Waals surface area (Å²) in [6.45, 7) is 0.233. The Morgan fingerprint density at radius 3 is 2.23 bits per heavy atom. The van der Waals surface area contributed by atoms with E-state index in [9.17, 15) is 9.90 Å². The molecule has 0 fully saturated rings.